The molecular formula is C29H39N5O. The molecule has 1 atom stereocenters. The molecule has 1 unspecified atom stereocenters. The van der Waals surface area contributed by atoms with Crippen molar-refractivity contribution < 1.29 is 4.79 Å². The van der Waals surface area contributed by atoms with E-state index in [1.165, 1.54) is 18.4 Å². The lowest BCUT2D eigenvalue weighted by Crippen LogP contribution is -2.30. The van der Waals surface area contributed by atoms with Crippen LogP contribution in [0.4, 0.5) is 0 Å². The van der Waals surface area contributed by atoms with Crippen molar-refractivity contribution in [1.29, 1.82) is 0 Å². The predicted molar refractivity (Wildman–Crippen MR) is 143 cm³/mol. The molecule has 3 aromatic rings. The van der Waals surface area contributed by atoms with Crippen molar-refractivity contribution in [2.45, 2.75) is 53.0 Å². The number of nitrogens with one attached hydrogen (secondary N) is 2. The lowest BCUT2D eigenvalue weighted by molar-refractivity contribution is 0.0951. The Balaban J connectivity index is 1.42. The van der Waals surface area contributed by atoms with Crippen molar-refractivity contribution in [1.82, 2.24) is 25.1 Å². The molecule has 1 aromatic heterocycles. The smallest absolute Gasteiger partial charge is 0.251 e. The van der Waals surface area contributed by atoms with Crippen LogP contribution in [0.2, 0.25) is 0 Å². The van der Waals surface area contributed by atoms with Crippen LogP contribution in [0.5, 0.6) is 0 Å². The third-order valence-electron chi connectivity index (χ3n) is 7.10. The van der Waals surface area contributed by atoms with Crippen LogP contribution in [-0.2, 0) is 0 Å². The number of aromatic nitrogens is 2. The van der Waals surface area contributed by atoms with Gasteiger partial charge in [-0.3, -0.25) is 4.79 Å². The topological polar surface area (TPSA) is 62.2 Å². The van der Waals surface area contributed by atoms with E-state index in [9.17, 15) is 4.79 Å². The highest BCUT2D eigenvalue weighted by molar-refractivity contribution is 5.94. The average molecular weight is 474 g/mol. The maximum Gasteiger partial charge on any atom is 0.251 e. The lowest BCUT2D eigenvalue weighted by atomic mass is 10.0. The zero-order chi connectivity index (χ0) is 24.8. The first kappa shape index (κ1) is 25.1. The first-order chi connectivity index (χ1) is 17.0. The SMILES string of the molecule is CCN(CC)CCCNC(=O)c1ccc(-n2cc(-c3ccc(C4CCCN4)cc3)nc2C)c(C)c1. The maximum atomic E-state index is 12.7. The number of hydrogen-bond acceptors (Lipinski definition) is 4. The third-order valence-corrected chi connectivity index (χ3v) is 7.10. The molecule has 6 heteroatoms. The summed E-state index contributed by atoms with van der Waals surface area (Å²) in [5.41, 5.74) is 6.22. The quantitative estimate of drug-likeness (QED) is 0.405. The molecular weight excluding hydrogens is 434 g/mol. The van der Waals surface area contributed by atoms with Gasteiger partial charge in [-0.15, -0.1) is 0 Å². The molecule has 1 saturated heterocycles. The minimum absolute atomic E-state index is 0.0147. The van der Waals surface area contributed by atoms with E-state index in [0.29, 0.717) is 18.2 Å². The van der Waals surface area contributed by atoms with Gasteiger partial charge >= 0.3 is 0 Å². The molecule has 35 heavy (non-hydrogen) atoms. The van der Waals surface area contributed by atoms with Gasteiger partial charge in [0.15, 0.2) is 0 Å². The van der Waals surface area contributed by atoms with Crippen LogP contribution in [0.1, 0.15) is 66.5 Å². The molecule has 0 spiro atoms. The molecule has 1 fully saturated rings. The summed E-state index contributed by atoms with van der Waals surface area (Å²) in [5, 5.41) is 6.62. The minimum Gasteiger partial charge on any atom is -0.352 e. The molecule has 2 N–H and O–H groups in total. The highest BCUT2D eigenvalue weighted by Crippen LogP contribution is 2.27. The van der Waals surface area contributed by atoms with Gasteiger partial charge < -0.3 is 20.1 Å². The molecule has 1 aliphatic heterocycles. The monoisotopic (exact) mass is 473 g/mol. The summed E-state index contributed by atoms with van der Waals surface area (Å²) >= 11 is 0. The number of imidazole rings is 1. The van der Waals surface area contributed by atoms with Crippen molar-refractivity contribution in [3.8, 4) is 16.9 Å². The molecule has 0 bridgehead atoms. The van der Waals surface area contributed by atoms with Gasteiger partial charge in [0.2, 0.25) is 0 Å². The molecule has 1 amide bonds. The number of carbonyl (C=O) groups is 1. The van der Waals surface area contributed by atoms with Gasteiger partial charge in [0.25, 0.3) is 5.91 Å². The maximum absolute atomic E-state index is 12.7. The van der Waals surface area contributed by atoms with E-state index in [-0.39, 0.29) is 5.91 Å². The number of carbonyl (C=O) groups excluding carboxylic acids is 1. The molecule has 6 nitrogen and oxygen atoms in total. The first-order valence-electron chi connectivity index (χ1n) is 13.0. The summed E-state index contributed by atoms with van der Waals surface area (Å²) in [7, 11) is 0. The van der Waals surface area contributed by atoms with E-state index < -0.39 is 0 Å². The second-order valence-electron chi connectivity index (χ2n) is 9.45. The number of hydrogen-bond donors (Lipinski definition) is 2. The molecule has 1 aliphatic rings. The summed E-state index contributed by atoms with van der Waals surface area (Å²) in [6.07, 6.45) is 5.50. The molecule has 2 aromatic carbocycles. The van der Waals surface area contributed by atoms with Gasteiger partial charge in [-0.05, 0) is 88.6 Å². The number of amides is 1. The fourth-order valence-corrected chi connectivity index (χ4v) is 4.92. The summed E-state index contributed by atoms with van der Waals surface area (Å²) in [6.45, 7) is 13.3. The van der Waals surface area contributed by atoms with Crippen LogP contribution >= 0.6 is 0 Å². The third kappa shape index (κ3) is 6.00. The highest BCUT2D eigenvalue weighted by atomic mass is 16.1. The Hall–Kier alpha value is -2.96. The second kappa shape index (κ2) is 11.6. The van der Waals surface area contributed by atoms with Crippen LogP contribution < -0.4 is 10.6 Å². The number of nitrogens with zero attached hydrogens (tertiary/aromatic N) is 3. The Kier molecular flexibility index (Phi) is 8.37. The van der Waals surface area contributed by atoms with Crippen LogP contribution in [0, 0.1) is 13.8 Å². The standard InChI is InChI=1S/C29H39N5O/c1-5-33(6-2)18-8-17-31-29(35)25-14-15-28(21(3)19-25)34-20-27(32-22(34)4)24-12-10-23(11-13-24)26-9-7-16-30-26/h10-15,19-20,26,30H,5-9,16-18H2,1-4H3,(H,31,35). The van der Waals surface area contributed by atoms with Crippen molar-refractivity contribution in [3.63, 3.8) is 0 Å². The van der Waals surface area contributed by atoms with Crippen LogP contribution in [0.15, 0.2) is 48.7 Å². The van der Waals surface area contributed by atoms with Crippen LogP contribution in [0.25, 0.3) is 16.9 Å². The Morgan fingerprint density at radius 2 is 1.91 bits per heavy atom. The number of aryl methyl sites for hydroxylation is 2. The average Bonchev–Trinajstić information content (AvgIpc) is 3.54. The molecule has 0 saturated carbocycles. The zero-order valence-corrected chi connectivity index (χ0v) is 21.6. The summed E-state index contributed by atoms with van der Waals surface area (Å²) in [4.78, 5) is 19.9. The van der Waals surface area contributed by atoms with Crippen molar-refractivity contribution in [3.05, 3.63) is 71.2 Å². The fourth-order valence-electron chi connectivity index (χ4n) is 4.92. The molecule has 186 valence electrons. The van der Waals surface area contributed by atoms with Crippen molar-refractivity contribution in [2.24, 2.45) is 0 Å². The van der Waals surface area contributed by atoms with E-state index in [0.717, 1.165) is 60.9 Å². The van der Waals surface area contributed by atoms with Crippen molar-refractivity contribution >= 4 is 5.91 Å². The molecule has 4 rings (SSSR count). The minimum atomic E-state index is -0.0147. The summed E-state index contributed by atoms with van der Waals surface area (Å²) < 4.78 is 2.11. The number of rotatable bonds is 10. The zero-order valence-electron chi connectivity index (χ0n) is 21.6. The summed E-state index contributed by atoms with van der Waals surface area (Å²) in [5.74, 6) is 0.914. The van der Waals surface area contributed by atoms with Gasteiger partial charge in [0.05, 0.1) is 5.69 Å². The number of benzene rings is 2. The molecule has 0 radical (unpaired) electrons. The molecule has 0 aliphatic carbocycles. The second-order valence-corrected chi connectivity index (χ2v) is 9.45. The van der Waals surface area contributed by atoms with E-state index in [4.69, 9.17) is 4.98 Å². The first-order valence-corrected chi connectivity index (χ1v) is 13.0. The Morgan fingerprint density at radius 3 is 2.57 bits per heavy atom. The Labute approximate surface area is 209 Å². The molecule has 2 heterocycles. The normalized spacial score (nSPS) is 15.6. The van der Waals surface area contributed by atoms with Gasteiger partial charge in [-0.1, -0.05) is 38.1 Å². The van der Waals surface area contributed by atoms with Crippen LogP contribution in [0.3, 0.4) is 0 Å². The van der Waals surface area contributed by atoms with E-state index in [1.54, 1.807) is 0 Å². The van der Waals surface area contributed by atoms with E-state index >= 15 is 0 Å². The fraction of sp³-hybridized carbons (Fsp3) is 0.448. The lowest BCUT2D eigenvalue weighted by Gasteiger charge is -2.17. The van der Waals surface area contributed by atoms with Gasteiger partial charge in [0, 0.05) is 35.6 Å². The van der Waals surface area contributed by atoms with Gasteiger partial charge in [-0.25, -0.2) is 4.98 Å². The largest absolute Gasteiger partial charge is 0.352 e. The van der Waals surface area contributed by atoms with Gasteiger partial charge in [0.1, 0.15) is 5.82 Å². The Bertz CT molecular complexity index is 1120. The van der Waals surface area contributed by atoms with Crippen LogP contribution in [-0.4, -0.2) is 53.1 Å². The van der Waals surface area contributed by atoms with E-state index in [2.05, 4.69) is 71.3 Å². The van der Waals surface area contributed by atoms with Gasteiger partial charge in [-0.2, -0.15) is 0 Å². The highest BCUT2D eigenvalue weighted by Gasteiger charge is 2.17. The predicted octanol–water partition coefficient (Wildman–Crippen LogP) is 5.04. The Morgan fingerprint density at radius 1 is 1.14 bits per heavy atom. The van der Waals surface area contributed by atoms with E-state index in [1.807, 2.05) is 25.1 Å². The van der Waals surface area contributed by atoms with Crippen molar-refractivity contribution in [2.75, 3.05) is 32.7 Å². The summed E-state index contributed by atoms with van der Waals surface area (Å²) in [6, 6.07) is 15.1.